The van der Waals surface area contributed by atoms with Gasteiger partial charge in [-0.05, 0) is 17.8 Å². The second-order valence-corrected chi connectivity index (χ2v) is 3.56. The predicted molar refractivity (Wildman–Crippen MR) is 41.7 cm³/mol. The monoisotopic (exact) mass is 417 g/mol. The average Bonchev–Trinajstić information content (AvgIpc) is 1.89. The summed E-state index contributed by atoms with van der Waals surface area (Å²) >= 11 is 0. The summed E-state index contributed by atoms with van der Waals surface area (Å²) in [6, 6.07) is 0. The molecule has 0 heterocycles. The molecule has 0 amide bonds. The first-order chi connectivity index (χ1) is 4.54. The molecule has 0 aliphatic rings. The molecular formula is C8H18O2Sg. The van der Waals surface area contributed by atoms with Crippen molar-refractivity contribution in [1.29, 1.82) is 0 Å². The van der Waals surface area contributed by atoms with Crippen LogP contribution < -0.4 is 0 Å². The fourth-order valence-electron chi connectivity index (χ4n) is 0.740. The maximum absolute atomic E-state index is 8.91. The largest absolute Gasteiger partial charge is 0.396 e. The Bertz CT molecular complexity index is 94.1. The van der Waals surface area contributed by atoms with Gasteiger partial charge in [-0.15, -0.1) is 0 Å². The van der Waals surface area contributed by atoms with Crippen molar-refractivity contribution in [3.8, 4) is 0 Å². The summed E-state index contributed by atoms with van der Waals surface area (Å²) in [6.45, 7) is 6.46. The summed E-state index contributed by atoms with van der Waals surface area (Å²) in [5.74, 6) is 0.377. The van der Waals surface area contributed by atoms with E-state index in [1.54, 1.807) is 0 Å². The first-order valence-corrected chi connectivity index (χ1v) is 3.76. The summed E-state index contributed by atoms with van der Waals surface area (Å²) in [5.41, 5.74) is -0.0528. The van der Waals surface area contributed by atoms with E-state index in [9.17, 15) is 0 Å². The Kier molecular flexibility index (Phi) is 5.37. The van der Waals surface area contributed by atoms with Gasteiger partial charge in [-0.3, -0.25) is 0 Å². The van der Waals surface area contributed by atoms with Gasteiger partial charge in [-0.2, -0.15) is 0 Å². The summed E-state index contributed by atoms with van der Waals surface area (Å²) < 4.78 is 0. The van der Waals surface area contributed by atoms with Crippen LogP contribution in [-0.2, 0) is 0 Å². The Morgan fingerprint density at radius 2 is 1.73 bits per heavy atom. The van der Waals surface area contributed by atoms with Crippen LogP contribution >= 0.6 is 0 Å². The van der Waals surface area contributed by atoms with E-state index in [0.29, 0.717) is 5.92 Å². The third-order valence-corrected chi connectivity index (χ3v) is 2.30. The van der Waals surface area contributed by atoms with Crippen LogP contribution in [0, 0.1) is 11.3 Å². The predicted octanol–water partition coefficient (Wildman–Crippen LogP) is 1.02. The van der Waals surface area contributed by atoms with Gasteiger partial charge < -0.3 is 10.2 Å². The normalized spacial score (nSPS) is 13.9. The molecule has 0 unspecified atom stereocenters. The van der Waals surface area contributed by atoms with E-state index in [4.69, 9.17) is 10.2 Å². The van der Waals surface area contributed by atoms with Gasteiger partial charge in [-0.1, -0.05) is 20.8 Å². The molecule has 0 rings (SSSR count). The van der Waals surface area contributed by atoms with Crippen molar-refractivity contribution in [1.82, 2.24) is 0 Å². The number of aliphatic hydroxyl groups is 2. The minimum atomic E-state index is -0.0528. The quantitative estimate of drug-likeness (QED) is 0.721. The van der Waals surface area contributed by atoms with Gasteiger partial charge in [0.2, 0.25) is 0 Å². The van der Waals surface area contributed by atoms with Gasteiger partial charge in [-0.25, -0.2) is 0 Å². The first-order valence-electron chi connectivity index (χ1n) is 3.76. The van der Waals surface area contributed by atoms with E-state index in [1.807, 2.05) is 20.8 Å². The summed E-state index contributed by atoms with van der Waals surface area (Å²) in [5, 5.41) is 17.5. The molecule has 0 saturated carbocycles. The molecule has 0 saturated heterocycles. The Labute approximate surface area is 62.9 Å². The summed E-state index contributed by atoms with van der Waals surface area (Å²) in [7, 11) is 0. The zero-order valence-electron chi connectivity index (χ0n) is 7.80. The number of hydrogen-bond acceptors (Lipinski definition) is 2. The third kappa shape index (κ3) is 3.58. The van der Waals surface area contributed by atoms with Crippen LogP contribution in [0.1, 0.15) is 27.2 Å². The Morgan fingerprint density at radius 1 is 1.27 bits per heavy atom. The fraction of sp³-hybridized carbons (Fsp3) is 1.00. The van der Waals surface area contributed by atoms with Crippen molar-refractivity contribution in [2.24, 2.45) is 11.3 Å². The van der Waals surface area contributed by atoms with Gasteiger partial charge in [0.25, 0.3) is 0 Å². The molecule has 0 aromatic rings. The van der Waals surface area contributed by atoms with E-state index >= 15 is 0 Å². The molecule has 11 heavy (non-hydrogen) atoms. The van der Waals surface area contributed by atoms with Crippen LogP contribution in [0.3, 0.4) is 0 Å². The van der Waals surface area contributed by atoms with Crippen molar-refractivity contribution in [3.63, 3.8) is 0 Å². The molecular weight excluding hydrogens is 397 g/mol. The van der Waals surface area contributed by atoms with E-state index in [0.717, 1.165) is 6.42 Å². The zero-order valence-corrected chi connectivity index (χ0v) is 14.3. The van der Waals surface area contributed by atoms with Gasteiger partial charge in [0.05, 0.1) is 0 Å². The molecule has 0 fully saturated rings. The van der Waals surface area contributed by atoms with Crippen molar-refractivity contribution < 1.29 is 10.2 Å². The van der Waals surface area contributed by atoms with Crippen LogP contribution in [0.4, 0.5) is 0 Å². The molecule has 1 atom stereocenters. The van der Waals surface area contributed by atoms with Crippen molar-refractivity contribution in [2.75, 3.05) is 13.2 Å². The Hall–Kier alpha value is -1.08. The molecule has 0 radical (unpaired) electrons. The number of hydrogen-bond donors (Lipinski definition) is 2. The molecule has 0 aliphatic heterocycles. The first kappa shape index (κ1) is 12.6. The van der Waals surface area contributed by atoms with Gasteiger partial charge >= 0.3 is 0 Å². The number of aliphatic hydroxyl groups excluding tert-OH is 2. The minimum Gasteiger partial charge on any atom is -0.396 e. The van der Waals surface area contributed by atoms with Gasteiger partial charge in [0, 0.05) is 13.2 Å². The van der Waals surface area contributed by atoms with E-state index in [-0.39, 0.29) is 18.6 Å². The maximum atomic E-state index is 8.91. The molecule has 3 heteroatoms. The Morgan fingerprint density at radius 3 is 2.00 bits per heavy atom. The van der Waals surface area contributed by atoms with Crippen molar-refractivity contribution in [2.45, 2.75) is 27.2 Å². The molecule has 64 valence electrons. The Balaban J connectivity index is 0. The maximum Gasteiger partial charge on any atom is 0.0484 e. The zero-order chi connectivity index (χ0) is 8.20. The molecule has 2 nitrogen and oxygen atoms in total. The van der Waals surface area contributed by atoms with Crippen LogP contribution in [-0.4, -0.2) is 23.4 Å². The van der Waals surface area contributed by atoms with Crippen LogP contribution in [0.25, 0.3) is 0 Å². The summed E-state index contributed by atoms with van der Waals surface area (Å²) in [6.07, 6.45) is 0.771. The second kappa shape index (κ2) is 4.69. The fourth-order valence-corrected chi connectivity index (χ4v) is 0.740. The molecule has 0 aromatic heterocycles. The molecule has 0 bridgehead atoms. The molecule has 2 N–H and O–H groups in total. The van der Waals surface area contributed by atoms with Crippen molar-refractivity contribution >= 4 is 0 Å². The minimum absolute atomic E-state index is 0. The van der Waals surface area contributed by atoms with Crippen LogP contribution in [0.15, 0.2) is 0 Å². The van der Waals surface area contributed by atoms with E-state index in [2.05, 4.69) is 0 Å². The molecule has 0 spiro atoms. The topological polar surface area (TPSA) is 40.5 Å². The molecule has 0 aromatic carbocycles. The van der Waals surface area contributed by atoms with E-state index in [1.165, 1.54) is 0 Å². The molecule has 0 aliphatic carbocycles. The third-order valence-electron chi connectivity index (χ3n) is 2.30. The van der Waals surface area contributed by atoms with Gasteiger partial charge in [0.15, 0.2) is 0 Å². The smallest absolute Gasteiger partial charge is 0.0484 e. The SMILES string of the molecule is C[C@@H](CCO)C(C)(C)CO.[Sg]. The van der Waals surface area contributed by atoms with E-state index < -0.39 is 0 Å². The van der Waals surface area contributed by atoms with Crippen LogP contribution in [0.2, 0.25) is 0 Å². The second-order valence-electron chi connectivity index (χ2n) is 3.56. The standard InChI is InChI=1S/C8H18O2.Sg/c1-7(4-5-9)8(2,3)6-10;/h7,9-10H,4-6H2,1-3H3;/t7-;/m0./s1. The number of rotatable bonds is 4. The van der Waals surface area contributed by atoms with Crippen molar-refractivity contribution in [3.05, 3.63) is 0 Å². The van der Waals surface area contributed by atoms with Gasteiger partial charge in [0.1, 0.15) is 0 Å². The van der Waals surface area contributed by atoms with Crippen LogP contribution in [0.5, 0.6) is 0 Å². The average molecular weight is 415 g/mol. The summed E-state index contributed by atoms with van der Waals surface area (Å²) in [4.78, 5) is 0.